The van der Waals surface area contributed by atoms with Gasteiger partial charge in [0.1, 0.15) is 0 Å². The minimum Gasteiger partial charge on any atom is -0.389 e. The molecule has 0 saturated heterocycles. The van der Waals surface area contributed by atoms with Crippen LogP contribution >= 0.6 is 0 Å². The molecule has 2 atom stereocenters. The highest BCUT2D eigenvalue weighted by molar-refractivity contribution is 5.83. The number of aliphatic hydroxyl groups is 1. The molecule has 2 N–H and O–H groups in total. The van der Waals surface area contributed by atoms with Crippen LogP contribution in [0.3, 0.4) is 0 Å². The summed E-state index contributed by atoms with van der Waals surface area (Å²) < 4.78 is 6.32. The van der Waals surface area contributed by atoms with Crippen molar-refractivity contribution in [1.82, 2.24) is 5.32 Å². The van der Waals surface area contributed by atoms with Gasteiger partial charge in [0.15, 0.2) is 0 Å². The van der Waals surface area contributed by atoms with E-state index < -0.39 is 6.10 Å². The third-order valence-electron chi connectivity index (χ3n) is 6.70. The minimum absolute atomic E-state index is 0.0824. The van der Waals surface area contributed by atoms with Crippen molar-refractivity contribution in [1.29, 1.82) is 0 Å². The molecular formula is C29H37NO2. The Balaban J connectivity index is 1.30. The summed E-state index contributed by atoms with van der Waals surface area (Å²) in [5, 5.41) is 16.8. The predicted octanol–water partition coefficient (Wildman–Crippen LogP) is 6.06. The van der Waals surface area contributed by atoms with E-state index in [4.69, 9.17) is 4.74 Å². The van der Waals surface area contributed by atoms with Crippen LogP contribution in [0, 0.1) is 5.92 Å². The Kier molecular flexibility index (Phi) is 7.62. The van der Waals surface area contributed by atoms with Crippen LogP contribution in [0.25, 0.3) is 10.8 Å². The molecule has 1 saturated carbocycles. The van der Waals surface area contributed by atoms with Crippen molar-refractivity contribution in [3.8, 4) is 0 Å². The number of hydrogen-bond donors (Lipinski definition) is 2. The number of aliphatic hydroxyl groups excluding tert-OH is 1. The Hall–Kier alpha value is -2.20. The summed E-state index contributed by atoms with van der Waals surface area (Å²) in [4.78, 5) is 0. The largest absolute Gasteiger partial charge is 0.389 e. The summed E-state index contributed by atoms with van der Waals surface area (Å²) in [6, 6.07) is 25.6. The molecule has 0 heterocycles. The Morgan fingerprint density at radius 1 is 0.938 bits per heavy atom. The van der Waals surface area contributed by atoms with Gasteiger partial charge in [0, 0.05) is 12.1 Å². The molecule has 0 aliphatic heterocycles. The molecule has 0 aromatic heterocycles. The lowest BCUT2D eigenvalue weighted by Crippen LogP contribution is -2.46. The molecule has 1 aliphatic rings. The number of rotatable bonds is 10. The molecule has 4 rings (SSSR count). The Labute approximate surface area is 192 Å². The highest BCUT2D eigenvalue weighted by Gasteiger charge is 2.28. The smallest absolute Gasteiger partial charge is 0.0898 e. The summed E-state index contributed by atoms with van der Waals surface area (Å²) in [6.45, 7) is 5.27. The number of β-amino-alcohol motifs (C(OH)–C–C–N with tert-alkyl or cyclic N) is 1. The van der Waals surface area contributed by atoms with Crippen molar-refractivity contribution in [2.75, 3.05) is 13.2 Å². The molecule has 0 amide bonds. The van der Waals surface area contributed by atoms with Crippen LogP contribution < -0.4 is 5.32 Å². The first-order valence-electron chi connectivity index (χ1n) is 12.1. The Bertz CT molecular complexity index is 979. The van der Waals surface area contributed by atoms with Crippen molar-refractivity contribution in [2.24, 2.45) is 5.92 Å². The second kappa shape index (κ2) is 10.6. The standard InChI is InChI=1S/C29H37NO2/c1-29(2,19-22-16-17-23-10-6-9-15-26(23)18-22)30-20-27(31)21-32-28(25-13-7-8-14-25)24-11-4-3-5-12-24/h3-6,9-12,15-18,25,27-28,30-31H,7-8,13-14,19-21H2,1-2H3. The zero-order chi connectivity index (χ0) is 22.4. The van der Waals surface area contributed by atoms with E-state index in [2.05, 4.69) is 85.9 Å². The monoisotopic (exact) mass is 431 g/mol. The fourth-order valence-corrected chi connectivity index (χ4v) is 5.00. The average Bonchev–Trinajstić information content (AvgIpc) is 3.33. The minimum atomic E-state index is -0.529. The summed E-state index contributed by atoms with van der Waals surface area (Å²) >= 11 is 0. The van der Waals surface area contributed by atoms with E-state index in [1.54, 1.807) is 0 Å². The van der Waals surface area contributed by atoms with E-state index in [1.807, 2.05) is 6.07 Å². The van der Waals surface area contributed by atoms with E-state index >= 15 is 0 Å². The van der Waals surface area contributed by atoms with E-state index in [9.17, 15) is 5.11 Å². The van der Waals surface area contributed by atoms with Gasteiger partial charge in [-0.15, -0.1) is 0 Å². The Morgan fingerprint density at radius 3 is 2.38 bits per heavy atom. The zero-order valence-corrected chi connectivity index (χ0v) is 19.5. The number of fused-ring (bicyclic) bond motifs is 1. The SMILES string of the molecule is CC(C)(Cc1ccc2ccccc2c1)NCC(O)COC(c1ccccc1)C1CCCC1. The van der Waals surface area contributed by atoms with Gasteiger partial charge >= 0.3 is 0 Å². The van der Waals surface area contributed by atoms with Gasteiger partial charge in [-0.05, 0) is 60.9 Å². The van der Waals surface area contributed by atoms with E-state index in [0.29, 0.717) is 19.1 Å². The molecule has 3 nitrogen and oxygen atoms in total. The van der Waals surface area contributed by atoms with Crippen LogP contribution in [-0.4, -0.2) is 29.9 Å². The van der Waals surface area contributed by atoms with Crippen LogP contribution in [0.4, 0.5) is 0 Å². The van der Waals surface area contributed by atoms with Crippen molar-refractivity contribution >= 4 is 10.8 Å². The summed E-state index contributed by atoms with van der Waals surface area (Å²) in [7, 11) is 0. The predicted molar refractivity (Wildman–Crippen MR) is 133 cm³/mol. The lowest BCUT2D eigenvalue weighted by molar-refractivity contribution is -0.0363. The van der Waals surface area contributed by atoms with Crippen LogP contribution in [0.2, 0.25) is 0 Å². The average molecular weight is 432 g/mol. The third-order valence-corrected chi connectivity index (χ3v) is 6.70. The van der Waals surface area contributed by atoms with Gasteiger partial charge in [0.25, 0.3) is 0 Å². The lowest BCUT2D eigenvalue weighted by Gasteiger charge is -2.29. The maximum Gasteiger partial charge on any atom is 0.0898 e. The molecule has 1 aliphatic carbocycles. The van der Waals surface area contributed by atoms with Gasteiger partial charge in [-0.25, -0.2) is 0 Å². The van der Waals surface area contributed by atoms with Gasteiger partial charge in [0.05, 0.1) is 18.8 Å². The molecule has 3 aromatic rings. The molecule has 3 heteroatoms. The van der Waals surface area contributed by atoms with Crippen LogP contribution in [-0.2, 0) is 11.2 Å². The molecule has 1 fully saturated rings. The van der Waals surface area contributed by atoms with Crippen LogP contribution in [0.15, 0.2) is 72.8 Å². The van der Waals surface area contributed by atoms with E-state index in [1.165, 1.54) is 47.6 Å². The summed E-state index contributed by atoms with van der Waals surface area (Å²) in [5.41, 5.74) is 2.42. The molecule has 0 bridgehead atoms. The normalized spacial score (nSPS) is 17.0. The van der Waals surface area contributed by atoms with Crippen LogP contribution in [0.1, 0.15) is 56.8 Å². The van der Waals surface area contributed by atoms with Crippen molar-refractivity contribution < 1.29 is 9.84 Å². The second-order valence-electron chi connectivity index (χ2n) is 9.99. The summed E-state index contributed by atoms with van der Waals surface area (Å²) in [5.74, 6) is 0.557. The first kappa shape index (κ1) is 23.0. The maximum absolute atomic E-state index is 10.7. The third kappa shape index (κ3) is 6.19. The fraction of sp³-hybridized carbons (Fsp3) is 0.448. The summed E-state index contributed by atoms with van der Waals surface area (Å²) in [6.07, 6.45) is 5.45. The van der Waals surface area contributed by atoms with E-state index in [-0.39, 0.29) is 11.6 Å². The zero-order valence-electron chi connectivity index (χ0n) is 19.5. The first-order valence-corrected chi connectivity index (χ1v) is 12.1. The first-order chi connectivity index (χ1) is 15.5. The van der Waals surface area contributed by atoms with Gasteiger partial charge in [0.2, 0.25) is 0 Å². The fourth-order valence-electron chi connectivity index (χ4n) is 5.00. The van der Waals surface area contributed by atoms with Crippen molar-refractivity contribution in [3.05, 3.63) is 83.9 Å². The highest BCUT2D eigenvalue weighted by Crippen LogP contribution is 2.38. The molecule has 3 aromatic carbocycles. The topological polar surface area (TPSA) is 41.5 Å². The Morgan fingerprint density at radius 2 is 1.62 bits per heavy atom. The molecule has 0 spiro atoms. The molecule has 32 heavy (non-hydrogen) atoms. The number of hydrogen-bond acceptors (Lipinski definition) is 3. The van der Waals surface area contributed by atoms with Crippen molar-refractivity contribution in [3.63, 3.8) is 0 Å². The quantitative estimate of drug-likeness (QED) is 0.410. The molecule has 0 radical (unpaired) electrons. The number of nitrogens with one attached hydrogen (secondary N) is 1. The number of benzene rings is 3. The molecule has 2 unspecified atom stereocenters. The second-order valence-corrected chi connectivity index (χ2v) is 9.99. The highest BCUT2D eigenvalue weighted by atomic mass is 16.5. The maximum atomic E-state index is 10.7. The van der Waals surface area contributed by atoms with Gasteiger partial charge in [-0.1, -0.05) is 85.6 Å². The van der Waals surface area contributed by atoms with E-state index in [0.717, 1.165) is 6.42 Å². The molecular weight excluding hydrogens is 394 g/mol. The van der Waals surface area contributed by atoms with Gasteiger partial charge < -0.3 is 15.2 Å². The van der Waals surface area contributed by atoms with Crippen molar-refractivity contribution in [2.45, 2.75) is 63.7 Å². The molecule has 170 valence electrons. The van der Waals surface area contributed by atoms with Crippen LogP contribution in [0.5, 0.6) is 0 Å². The lowest BCUT2D eigenvalue weighted by atomic mass is 9.93. The number of ether oxygens (including phenoxy) is 1. The van der Waals surface area contributed by atoms with Gasteiger partial charge in [-0.2, -0.15) is 0 Å². The van der Waals surface area contributed by atoms with Gasteiger partial charge in [-0.3, -0.25) is 0 Å².